The van der Waals surface area contributed by atoms with Crippen molar-refractivity contribution in [2.45, 2.75) is 50.4 Å². The quantitative estimate of drug-likeness (QED) is 0.853. The number of aliphatic hydroxyl groups excluding tert-OH is 1. The third-order valence-corrected chi connectivity index (χ3v) is 5.43. The van der Waals surface area contributed by atoms with E-state index in [9.17, 15) is 5.11 Å². The summed E-state index contributed by atoms with van der Waals surface area (Å²) < 4.78 is 6.54. The Bertz CT molecular complexity index is 498. The Balaban J connectivity index is 1.79. The van der Waals surface area contributed by atoms with E-state index in [1.165, 1.54) is 25.7 Å². The molecule has 2 aliphatic heterocycles. The molecule has 1 saturated carbocycles. The number of fused-ring (bicyclic) bond motifs is 2. The Kier molecular flexibility index (Phi) is 3.00. The summed E-state index contributed by atoms with van der Waals surface area (Å²) >= 11 is 0. The molecule has 3 heteroatoms. The van der Waals surface area contributed by atoms with E-state index in [1.807, 2.05) is 24.3 Å². The van der Waals surface area contributed by atoms with Gasteiger partial charge in [-0.3, -0.25) is 4.90 Å². The minimum absolute atomic E-state index is 0.226. The maximum absolute atomic E-state index is 10.9. The molecule has 20 heavy (non-hydrogen) atoms. The number of hydrogen-bond donors (Lipinski definition) is 1. The summed E-state index contributed by atoms with van der Waals surface area (Å²) in [5.74, 6) is 1.12. The van der Waals surface area contributed by atoms with Crippen molar-refractivity contribution < 1.29 is 9.84 Å². The lowest BCUT2D eigenvalue weighted by Crippen LogP contribution is -2.61. The average molecular weight is 273 g/mol. The summed E-state index contributed by atoms with van der Waals surface area (Å²) in [7, 11) is 0. The molecule has 2 fully saturated rings. The average Bonchev–Trinajstić information content (AvgIpc) is 3.02. The standard InChI is InChI=1S/C17H23NO2/c19-16-13-7-1-2-9-15(13)20-17(18-11-5-6-12-18)10-4-3-8-14(16)17/h1-2,7,9,14,16,19H,3-6,8,10-12H2/t14-,16+,17-/m0/s1. The zero-order valence-electron chi connectivity index (χ0n) is 11.9. The van der Waals surface area contributed by atoms with E-state index < -0.39 is 0 Å². The fraction of sp³-hybridized carbons (Fsp3) is 0.647. The van der Waals surface area contributed by atoms with Gasteiger partial charge in [0.1, 0.15) is 5.75 Å². The summed E-state index contributed by atoms with van der Waals surface area (Å²) in [6, 6.07) is 8.03. The van der Waals surface area contributed by atoms with Crippen molar-refractivity contribution in [1.29, 1.82) is 0 Å². The van der Waals surface area contributed by atoms with Gasteiger partial charge in [0, 0.05) is 31.0 Å². The molecule has 1 aromatic carbocycles. The number of para-hydroxylation sites is 1. The monoisotopic (exact) mass is 273 g/mol. The number of rotatable bonds is 1. The Morgan fingerprint density at radius 3 is 2.75 bits per heavy atom. The van der Waals surface area contributed by atoms with Crippen LogP contribution in [-0.4, -0.2) is 28.8 Å². The van der Waals surface area contributed by atoms with Gasteiger partial charge in [-0.1, -0.05) is 24.6 Å². The number of hydrogen-bond acceptors (Lipinski definition) is 3. The van der Waals surface area contributed by atoms with Gasteiger partial charge in [0.05, 0.1) is 6.10 Å². The number of nitrogens with zero attached hydrogens (tertiary/aromatic N) is 1. The lowest BCUT2D eigenvalue weighted by Gasteiger charge is -2.53. The van der Waals surface area contributed by atoms with E-state index in [-0.39, 0.29) is 17.7 Å². The highest BCUT2D eigenvalue weighted by Crippen LogP contribution is 2.52. The Hall–Kier alpha value is -1.06. The SMILES string of the molecule is O[C@@H]1c2ccccc2O[C@@]2(N3CCCC3)CCCC[C@@H]12. The second-order valence-corrected chi connectivity index (χ2v) is 6.48. The lowest BCUT2D eigenvalue weighted by molar-refractivity contribution is -0.184. The second kappa shape index (κ2) is 4.74. The first kappa shape index (κ1) is 12.7. The molecule has 1 aliphatic carbocycles. The van der Waals surface area contributed by atoms with Gasteiger partial charge < -0.3 is 9.84 Å². The molecule has 0 unspecified atom stereocenters. The molecular weight excluding hydrogens is 250 g/mol. The van der Waals surface area contributed by atoms with E-state index in [0.29, 0.717) is 0 Å². The van der Waals surface area contributed by atoms with Gasteiger partial charge in [-0.25, -0.2) is 0 Å². The highest BCUT2D eigenvalue weighted by atomic mass is 16.5. The van der Waals surface area contributed by atoms with Crippen molar-refractivity contribution in [3.05, 3.63) is 29.8 Å². The van der Waals surface area contributed by atoms with Crippen LogP contribution >= 0.6 is 0 Å². The molecule has 0 spiro atoms. The van der Waals surface area contributed by atoms with Gasteiger partial charge in [-0.2, -0.15) is 0 Å². The molecule has 0 radical (unpaired) electrons. The zero-order chi connectivity index (χ0) is 13.6. The van der Waals surface area contributed by atoms with Crippen molar-refractivity contribution in [3.63, 3.8) is 0 Å². The molecule has 1 aromatic rings. The van der Waals surface area contributed by atoms with Crippen LogP contribution < -0.4 is 4.74 Å². The van der Waals surface area contributed by atoms with Crippen molar-refractivity contribution in [1.82, 2.24) is 4.90 Å². The minimum atomic E-state index is -0.374. The predicted octanol–water partition coefficient (Wildman–Crippen LogP) is 3.09. The van der Waals surface area contributed by atoms with E-state index in [2.05, 4.69) is 4.90 Å². The van der Waals surface area contributed by atoms with Crippen LogP contribution in [0.4, 0.5) is 0 Å². The maximum atomic E-state index is 10.9. The van der Waals surface area contributed by atoms with Crippen LogP contribution in [0.25, 0.3) is 0 Å². The highest BCUT2D eigenvalue weighted by Gasteiger charge is 2.54. The van der Waals surface area contributed by atoms with Crippen molar-refractivity contribution in [3.8, 4) is 5.75 Å². The third kappa shape index (κ3) is 1.73. The molecule has 0 bridgehead atoms. The van der Waals surface area contributed by atoms with E-state index >= 15 is 0 Å². The van der Waals surface area contributed by atoms with Gasteiger partial charge in [0.25, 0.3) is 0 Å². The van der Waals surface area contributed by atoms with Gasteiger partial charge in [0.2, 0.25) is 0 Å². The second-order valence-electron chi connectivity index (χ2n) is 6.48. The molecule has 3 aliphatic rings. The smallest absolute Gasteiger partial charge is 0.169 e. The van der Waals surface area contributed by atoms with Gasteiger partial charge in [0.15, 0.2) is 5.72 Å². The normalized spacial score (nSPS) is 37.0. The van der Waals surface area contributed by atoms with E-state index in [1.54, 1.807) is 0 Å². The van der Waals surface area contributed by atoms with Gasteiger partial charge >= 0.3 is 0 Å². The fourth-order valence-corrected chi connectivity index (χ4v) is 4.46. The van der Waals surface area contributed by atoms with Crippen LogP contribution in [0, 0.1) is 5.92 Å². The largest absolute Gasteiger partial charge is 0.472 e. The summed E-state index contributed by atoms with van der Waals surface area (Å²) in [4.78, 5) is 2.51. The van der Waals surface area contributed by atoms with Gasteiger partial charge in [-0.05, 0) is 31.7 Å². The van der Waals surface area contributed by atoms with E-state index in [0.717, 1.165) is 37.2 Å². The highest BCUT2D eigenvalue weighted by molar-refractivity contribution is 5.39. The summed E-state index contributed by atoms with van der Waals surface area (Å²) in [6.07, 6.45) is 6.70. The molecule has 4 rings (SSSR count). The van der Waals surface area contributed by atoms with Crippen molar-refractivity contribution in [2.75, 3.05) is 13.1 Å². The Labute approximate surface area is 120 Å². The van der Waals surface area contributed by atoms with Crippen LogP contribution in [0.15, 0.2) is 24.3 Å². The zero-order valence-corrected chi connectivity index (χ0v) is 11.9. The van der Waals surface area contributed by atoms with Crippen molar-refractivity contribution in [2.24, 2.45) is 5.92 Å². The van der Waals surface area contributed by atoms with Crippen molar-refractivity contribution >= 4 is 0 Å². The number of aliphatic hydroxyl groups is 1. The molecule has 3 nitrogen and oxygen atoms in total. The minimum Gasteiger partial charge on any atom is -0.472 e. The third-order valence-electron chi connectivity index (χ3n) is 5.43. The first-order valence-electron chi connectivity index (χ1n) is 8.02. The fourth-order valence-electron chi connectivity index (χ4n) is 4.46. The Morgan fingerprint density at radius 2 is 1.90 bits per heavy atom. The molecule has 108 valence electrons. The maximum Gasteiger partial charge on any atom is 0.169 e. The summed E-state index contributed by atoms with van der Waals surface area (Å²) in [5, 5.41) is 10.9. The molecular formula is C17H23NO2. The van der Waals surface area contributed by atoms with Crippen LogP contribution in [0.1, 0.15) is 50.2 Å². The molecule has 0 amide bonds. The molecule has 3 atom stereocenters. The molecule has 1 saturated heterocycles. The summed E-state index contributed by atoms with van der Waals surface area (Å²) in [5.41, 5.74) is 0.733. The molecule has 1 N–H and O–H groups in total. The van der Waals surface area contributed by atoms with E-state index in [4.69, 9.17) is 4.74 Å². The molecule has 0 aromatic heterocycles. The number of likely N-dealkylation sites (tertiary alicyclic amines) is 1. The predicted molar refractivity (Wildman–Crippen MR) is 77.5 cm³/mol. The van der Waals surface area contributed by atoms with Gasteiger partial charge in [-0.15, -0.1) is 0 Å². The van der Waals surface area contributed by atoms with Crippen LogP contribution in [0.2, 0.25) is 0 Å². The Morgan fingerprint density at radius 1 is 1.10 bits per heavy atom. The number of benzene rings is 1. The number of ether oxygens (including phenoxy) is 1. The topological polar surface area (TPSA) is 32.7 Å². The van der Waals surface area contributed by atoms with Crippen LogP contribution in [-0.2, 0) is 0 Å². The first-order chi connectivity index (χ1) is 9.81. The first-order valence-corrected chi connectivity index (χ1v) is 8.02. The van der Waals surface area contributed by atoms with Crippen LogP contribution in [0.3, 0.4) is 0 Å². The van der Waals surface area contributed by atoms with Crippen LogP contribution in [0.5, 0.6) is 5.75 Å². The lowest BCUT2D eigenvalue weighted by atomic mass is 9.73. The summed E-state index contributed by atoms with van der Waals surface area (Å²) in [6.45, 7) is 2.23. The molecule has 2 heterocycles.